The topological polar surface area (TPSA) is 48.4 Å². The Hall–Kier alpha value is -1.88. The Morgan fingerprint density at radius 1 is 1.35 bits per heavy atom. The first-order valence-electron chi connectivity index (χ1n) is 6.28. The van der Waals surface area contributed by atoms with E-state index in [0.717, 1.165) is 27.6 Å². The Balaban J connectivity index is 1.94. The molecule has 2 rings (SSSR count). The molecule has 4 nitrogen and oxygen atoms in total. The van der Waals surface area contributed by atoms with Crippen molar-refractivity contribution in [3.63, 3.8) is 0 Å². The van der Waals surface area contributed by atoms with Gasteiger partial charge in [-0.1, -0.05) is 11.6 Å². The van der Waals surface area contributed by atoms with Crippen molar-refractivity contribution < 1.29 is 14.3 Å². The van der Waals surface area contributed by atoms with Crippen LogP contribution in [0.3, 0.4) is 0 Å². The van der Waals surface area contributed by atoms with Gasteiger partial charge in [-0.05, 0) is 26.0 Å². The Kier molecular flexibility index (Phi) is 4.74. The monoisotopic (exact) mass is 291 g/mol. The first-order valence-corrected chi connectivity index (χ1v) is 7.16. The van der Waals surface area contributed by atoms with Crippen molar-refractivity contribution in [1.29, 1.82) is 0 Å². The average molecular weight is 291 g/mol. The molecule has 0 saturated heterocycles. The Labute approximate surface area is 122 Å². The third-order valence-corrected chi connectivity index (χ3v) is 3.64. The molecule has 0 fully saturated rings. The van der Waals surface area contributed by atoms with Gasteiger partial charge in [0.1, 0.15) is 12.4 Å². The summed E-state index contributed by atoms with van der Waals surface area (Å²) in [4.78, 5) is 16.0. The fourth-order valence-electron chi connectivity index (χ4n) is 1.87. The molecule has 0 N–H and O–H groups in total. The molecule has 1 aromatic carbocycles. The molecule has 0 saturated carbocycles. The van der Waals surface area contributed by atoms with E-state index in [1.807, 2.05) is 37.4 Å². The number of benzene rings is 1. The predicted molar refractivity (Wildman–Crippen MR) is 78.1 cm³/mol. The number of nitrogens with zero attached hydrogens (tertiary/aromatic N) is 1. The number of ether oxygens (including phenoxy) is 2. The summed E-state index contributed by atoms with van der Waals surface area (Å²) in [5.41, 5.74) is 2.73. The minimum atomic E-state index is -0.279. The fraction of sp³-hybridized carbons (Fsp3) is 0.333. The third kappa shape index (κ3) is 3.81. The van der Waals surface area contributed by atoms with Crippen molar-refractivity contribution >= 4 is 17.3 Å². The van der Waals surface area contributed by atoms with E-state index >= 15 is 0 Å². The van der Waals surface area contributed by atoms with Gasteiger partial charge < -0.3 is 9.47 Å². The fourth-order valence-corrected chi connectivity index (χ4v) is 2.48. The molecular weight excluding hydrogens is 274 g/mol. The summed E-state index contributed by atoms with van der Waals surface area (Å²) in [6, 6.07) is 5.80. The zero-order valence-corrected chi connectivity index (χ0v) is 12.6. The molecule has 5 heteroatoms. The van der Waals surface area contributed by atoms with Gasteiger partial charge in [-0.3, -0.25) is 4.79 Å². The normalized spacial score (nSPS) is 10.3. The number of aromatic nitrogens is 1. The Morgan fingerprint density at radius 3 is 2.80 bits per heavy atom. The van der Waals surface area contributed by atoms with Crippen LogP contribution in [0.2, 0.25) is 0 Å². The van der Waals surface area contributed by atoms with Crippen LogP contribution in [0.4, 0.5) is 0 Å². The molecule has 0 aliphatic carbocycles. The lowest BCUT2D eigenvalue weighted by Gasteiger charge is -2.10. The number of esters is 1. The molecule has 1 aromatic heterocycles. The number of hydrogen-bond acceptors (Lipinski definition) is 5. The van der Waals surface area contributed by atoms with Gasteiger partial charge in [0.05, 0.1) is 24.2 Å². The van der Waals surface area contributed by atoms with Crippen LogP contribution in [-0.4, -0.2) is 18.1 Å². The predicted octanol–water partition coefficient (Wildman–Crippen LogP) is 3.05. The maximum atomic E-state index is 11.8. The van der Waals surface area contributed by atoms with Gasteiger partial charge in [0, 0.05) is 10.9 Å². The van der Waals surface area contributed by atoms with E-state index in [4.69, 9.17) is 9.47 Å². The van der Waals surface area contributed by atoms with Crippen LogP contribution in [0.5, 0.6) is 5.75 Å². The number of aryl methyl sites for hydroxylation is 2. The number of hydrogen-bond donors (Lipinski definition) is 0. The third-order valence-electron chi connectivity index (χ3n) is 2.82. The van der Waals surface area contributed by atoms with Gasteiger partial charge in [0.15, 0.2) is 0 Å². The van der Waals surface area contributed by atoms with Gasteiger partial charge in [0.25, 0.3) is 0 Å². The first-order chi connectivity index (χ1) is 9.58. The molecule has 0 spiro atoms. The average Bonchev–Trinajstić information content (AvgIpc) is 2.82. The minimum Gasteiger partial charge on any atom is -0.496 e. The SMILES string of the molecule is COc1ccc(C)cc1COC(=O)Cc1csc(C)n1. The second kappa shape index (κ2) is 6.52. The number of thiazole rings is 1. The summed E-state index contributed by atoms with van der Waals surface area (Å²) in [5, 5.41) is 2.83. The number of carbonyl (C=O) groups is 1. The van der Waals surface area contributed by atoms with Crippen LogP contribution in [0.15, 0.2) is 23.6 Å². The van der Waals surface area contributed by atoms with Crippen molar-refractivity contribution in [3.8, 4) is 5.75 Å². The van der Waals surface area contributed by atoms with Crippen LogP contribution >= 0.6 is 11.3 Å². The maximum Gasteiger partial charge on any atom is 0.312 e. The molecule has 0 bridgehead atoms. The van der Waals surface area contributed by atoms with Crippen LogP contribution in [0, 0.1) is 13.8 Å². The first kappa shape index (κ1) is 14.5. The van der Waals surface area contributed by atoms with E-state index in [-0.39, 0.29) is 19.0 Å². The molecule has 0 radical (unpaired) electrons. The summed E-state index contributed by atoms with van der Waals surface area (Å²) in [6.07, 6.45) is 0.207. The van der Waals surface area contributed by atoms with Gasteiger partial charge in [-0.25, -0.2) is 4.98 Å². The molecule has 0 unspecified atom stereocenters. The highest BCUT2D eigenvalue weighted by atomic mass is 32.1. The molecule has 0 amide bonds. The van der Waals surface area contributed by atoms with E-state index in [1.54, 1.807) is 7.11 Å². The number of methoxy groups -OCH3 is 1. The summed E-state index contributed by atoms with van der Waals surface area (Å²) < 4.78 is 10.5. The molecule has 0 aliphatic rings. The van der Waals surface area contributed by atoms with Crippen LogP contribution in [0.1, 0.15) is 21.8 Å². The van der Waals surface area contributed by atoms with Crippen LogP contribution in [-0.2, 0) is 22.6 Å². The molecular formula is C15H17NO3S. The second-order valence-corrected chi connectivity index (χ2v) is 5.57. The van der Waals surface area contributed by atoms with Crippen LogP contribution < -0.4 is 4.74 Å². The lowest BCUT2D eigenvalue weighted by molar-refractivity contribution is -0.144. The summed E-state index contributed by atoms with van der Waals surface area (Å²) in [5.74, 6) is 0.451. The quantitative estimate of drug-likeness (QED) is 0.794. The molecule has 106 valence electrons. The van der Waals surface area contributed by atoms with Crippen molar-refractivity contribution in [2.75, 3.05) is 7.11 Å². The van der Waals surface area contributed by atoms with Crippen molar-refractivity contribution in [2.45, 2.75) is 26.9 Å². The smallest absolute Gasteiger partial charge is 0.312 e. The number of rotatable bonds is 5. The number of carbonyl (C=O) groups excluding carboxylic acids is 1. The van der Waals surface area contributed by atoms with Crippen LogP contribution in [0.25, 0.3) is 0 Å². The second-order valence-electron chi connectivity index (χ2n) is 4.51. The lowest BCUT2D eigenvalue weighted by Crippen LogP contribution is -2.09. The minimum absolute atomic E-state index is 0.207. The van der Waals surface area contributed by atoms with E-state index in [1.165, 1.54) is 11.3 Å². The molecule has 0 aliphatic heterocycles. The maximum absolute atomic E-state index is 11.8. The molecule has 0 atom stereocenters. The van der Waals surface area contributed by atoms with Gasteiger partial charge in [-0.15, -0.1) is 11.3 Å². The summed E-state index contributed by atoms with van der Waals surface area (Å²) in [6.45, 7) is 4.12. The van der Waals surface area contributed by atoms with Crippen molar-refractivity contribution in [1.82, 2.24) is 4.98 Å². The Bertz CT molecular complexity index is 607. The molecule has 2 aromatic rings. The lowest BCUT2D eigenvalue weighted by atomic mass is 10.1. The van der Waals surface area contributed by atoms with E-state index in [2.05, 4.69) is 4.98 Å². The van der Waals surface area contributed by atoms with Gasteiger partial charge >= 0.3 is 5.97 Å². The summed E-state index contributed by atoms with van der Waals surface area (Å²) in [7, 11) is 1.61. The van der Waals surface area contributed by atoms with E-state index in [9.17, 15) is 4.79 Å². The van der Waals surface area contributed by atoms with Gasteiger partial charge in [0.2, 0.25) is 0 Å². The van der Waals surface area contributed by atoms with Crippen molar-refractivity contribution in [3.05, 3.63) is 45.4 Å². The van der Waals surface area contributed by atoms with Gasteiger partial charge in [-0.2, -0.15) is 0 Å². The largest absolute Gasteiger partial charge is 0.496 e. The standard InChI is InChI=1S/C15H17NO3S/c1-10-4-5-14(18-3)12(6-10)8-19-15(17)7-13-9-20-11(2)16-13/h4-6,9H,7-8H2,1-3H3. The molecule has 1 heterocycles. The van der Waals surface area contributed by atoms with E-state index < -0.39 is 0 Å². The summed E-state index contributed by atoms with van der Waals surface area (Å²) >= 11 is 1.53. The molecule has 20 heavy (non-hydrogen) atoms. The Morgan fingerprint density at radius 2 is 2.15 bits per heavy atom. The van der Waals surface area contributed by atoms with Crippen molar-refractivity contribution in [2.24, 2.45) is 0 Å². The highest BCUT2D eigenvalue weighted by Crippen LogP contribution is 2.20. The highest BCUT2D eigenvalue weighted by Gasteiger charge is 2.10. The highest BCUT2D eigenvalue weighted by molar-refractivity contribution is 7.09. The zero-order valence-electron chi connectivity index (χ0n) is 11.8. The zero-order chi connectivity index (χ0) is 14.5. The van der Waals surface area contributed by atoms with E-state index in [0.29, 0.717) is 0 Å².